The predicted octanol–water partition coefficient (Wildman–Crippen LogP) is 3.36. The Morgan fingerprint density at radius 2 is 2.13 bits per heavy atom. The van der Waals surface area contributed by atoms with Crippen LogP contribution in [0.5, 0.6) is 5.75 Å². The van der Waals surface area contributed by atoms with E-state index in [-0.39, 0.29) is 17.7 Å². The van der Waals surface area contributed by atoms with Gasteiger partial charge in [-0.1, -0.05) is 19.1 Å². The number of thiazole rings is 1. The van der Waals surface area contributed by atoms with E-state index in [9.17, 15) is 13.2 Å². The number of piperidine rings is 1. The number of hydrogen-bond donors (Lipinski definition) is 1. The van der Waals surface area contributed by atoms with E-state index in [1.165, 1.54) is 10.4 Å². The van der Waals surface area contributed by atoms with E-state index >= 15 is 0 Å². The SMILES string of the molecule is CCCS(=O)(=O)N1CCC(NC(=O)/C=C/c2cccc(OCc3csc(C)n3)c2)CC1. The lowest BCUT2D eigenvalue weighted by Gasteiger charge is -2.31. The van der Waals surface area contributed by atoms with Gasteiger partial charge in [-0.3, -0.25) is 4.79 Å². The van der Waals surface area contributed by atoms with Crippen LogP contribution >= 0.6 is 11.3 Å². The van der Waals surface area contributed by atoms with Gasteiger partial charge in [-0.15, -0.1) is 11.3 Å². The molecule has 0 bridgehead atoms. The molecule has 9 heteroatoms. The highest BCUT2D eigenvalue weighted by Gasteiger charge is 2.27. The third-order valence-electron chi connectivity index (χ3n) is 4.99. The molecule has 0 saturated carbocycles. The van der Waals surface area contributed by atoms with Crippen molar-refractivity contribution in [2.75, 3.05) is 18.8 Å². The van der Waals surface area contributed by atoms with Crippen molar-refractivity contribution in [3.63, 3.8) is 0 Å². The molecule has 2 aromatic rings. The minimum Gasteiger partial charge on any atom is -0.487 e. The van der Waals surface area contributed by atoms with E-state index in [0.29, 0.717) is 44.7 Å². The molecule has 168 valence electrons. The first-order chi connectivity index (χ1) is 14.9. The van der Waals surface area contributed by atoms with Gasteiger partial charge in [0.25, 0.3) is 0 Å². The molecule has 0 spiro atoms. The summed E-state index contributed by atoms with van der Waals surface area (Å²) < 4.78 is 31.6. The molecule has 0 atom stereocenters. The van der Waals surface area contributed by atoms with E-state index in [1.54, 1.807) is 17.4 Å². The Labute approximate surface area is 188 Å². The normalized spacial score (nSPS) is 15.9. The summed E-state index contributed by atoms with van der Waals surface area (Å²) in [6.07, 6.45) is 5.11. The van der Waals surface area contributed by atoms with Crippen molar-refractivity contribution in [2.24, 2.45) is 0 Å². The zero-order chi connectivity index (χ0) is 22.3. The minimum atomic E-state index is -3.17. The first kappa shape index (κ1) is 23.4. The van der Waals surface area contributed by atoms with Crippen molar-refractivity contribution in [3.8, 4) is 5.75 Å². The number of rotatable bonds is 9. The Morgan fingerprint density at radius 1 is 1.35 bits per heavy atom. The van der Waals surface area contributed by atoms with E-state index < -0.39 is 10.0 Å². The zero-order valence-corrected chi connectivity index (χ0v) is 19.5. The maximum Gasteiger partial charge on any atom is 0.244 e. The predicted molar refractivity (Wildman–Crippen MR) is 123 cm³/mol. The first-order valence-electron chi connectivity index (χ1n) is 10.5. The lowest BCUT2D eigenvalue weighted by atomic mass is 10.1. The fourth-order valence-corrected chi connectivity index (χ4v) is 5.56. The minimum absolute atomic E-state index is 0.0125. The Morgan fingerprint density at radius 3 is 2.81 bits per heavy atom. The van der Waals surface area contributed by atoms with Crippen LogP contribution in [-0.4, -0.2) is 48.5 Å². The van der Waals surface area contributed by atoms with Crippen LogP contribution in [0.3, 0.4) is 0 Å². The smallest absolute Gasteiger partial charge is 0.244 e. The maximum absolute atomic E-state index is 12.3. The quantitative estimate of drug-likeness (QED) is 0.576. The molecular formula is C22H29N3O4S2. The Kier molecular flexibility index (Phi) is 8.22. The molecule has 7 nitrogen and oxygen atoms in total. The van der Waals surface area contributed by atoms with Gasteiger partial charge < -0.3 is 10.1 Å². The zero-order valence-electron chi connectivity index (χ0n) is 17.9. The fourth-order valence-electron chi connectivity index (χ4n) is 3.43. The van der Waals surface area contributed by atoms with Gasteiger partial charge in [-0.2, -0.15) is 0 Å². The number of hydrogen-bond acceptors (Lipinski definition) is 6. The first-order valence-corrected chi connectivity index (χ1v) is 12.9. The van der Waals surface area contributed by atoms with Gasteiger partial charge in [-0.25, -0.2) is 17.7 Å². The summed E-state index contributed by atoms with van der Waals surface area (Å²) in [5, 5.41) is 5.96. The number of aryl methyl sites for hydroxylation is 1. The Bertz CT molecular complexity index is 1010. The monoisotopic (exact) mass is 463 g/mol. The van der Waals surface area contributed by atoms with Crippen molar-refractivity contribution in [1.29, 1.82) is 0 Å². The van der Waals surface area contributed by atoms with E-state index in [0.717, 1.165) is 16.3 Å². The van der Waals surface area contributed by atoms with Crippen LogP contribution in [0.2, 0.25) is 0 Å². The summed E-state index contributed by atoms with van der Waals surface area (Å²) in [6, 6.07) is 7.52. The molecule has 1 aliphatic heterocycles. The molecule has 0 aliphatic carbocycles. The van der Waals surface area contributed by atoms with Gasteiger partial charge in [0.1, 0.15) is 12.4 Å². The van der Waals surface area contributed by atoms with Crippen molar-refractivity contribution in [3.05, 3.63) is 52.0 Å². The summed E-state index contributed by atoms with van der Waals surface area (Å²) in [5.41, 5.74) is 1.76. The highest BCUT2D eigenvalue weighted by Crippen LogP contribution is 2.18. The Hall–Kier alpha value is -2.23. The van der Waals surface area contributed by atoms with Crippen LogP contribution in [0.25, 0.3) is 6.08 Å². The van der Waals surface area contributed by atoms with Crippen LogP contribution in [0.4, 0.5) is 0 Å². The van der Waals surface area contributed by atoms with Crippen molar-refractivity contribution < 1.29 is 17.9 Å². The molecule has 1 fully saturated rings. The molecule has 1 N–H and O–H groups in total. The van der Waals surface area contributed by atoms with Crippen LogP contribution < -0.4 is 10.1 Å². The highest BCUT2D eigenvalue weighted by molar-refractivity contribution is 7.89. The number of carbonyl (C=O) groups excluding carboxylic acids is 1. The molecule has 3 rings (SSSR count). The number of nitrogens with zero attached hydrogens (tertiary/aromatic N) is 2. The van der Waals surface area contributed by atoms with Gasteiger partial charge in [0.05, 0.1) is 16.5 Å². The van der Waals surface area contributed by atoms with Crippen molar-refractivity contribution >= 4 is 33.3 Å². The average molecular weight is 464 g/mol. The lowest BCUT2D eigenvalue weighted by molar-refractivity contribution is -0.117. The third-order valence-corrected chi connectivity index (χ3v) is 7.89. The van der Waals surface area contributed by atoms with Crippen LogP contribution in [0.1, 0.15) is 42.5 Å². The highest BCUT2D eigenvalue weighted by atomic mass is 32.2. The lowest BCUT2D eigenvalue weighted by Crippen LogP contribution is -2.46. The van der Waals surface area contributed by atoms with Crippen LogP contribution in [-0.2, 0) is 21.4 Å². The molecule has 1 aromatic heterocycles. The molecular weight excluding hydrogens is 434 g/mol. The summed E-state index contributed by atoms with van der Waals surface area (Å²) in [6.45, 7) is 5.14. The van der Waals surface area contributed by atoms with Crippen LogP contribution in [0, 0.1) is 6.92 Å². The largest absolute Gasteiger partial charge is 0.487 e. The van der Waals surface area contributed by atoms with Gasteiger partial charge >= 0.3 is 0 Å². The molecule has 1 aromatic carbocycles. The molecule has 0 radical (unpaired) electrons. The number of nitrogens with one attached hydrogen (secondary N) is 1. The van der Waals surface area contributed by atoms with Crippen LogP contribution in [0.15, 0.2) is 35.7 Å². The standard InChI is InChI=1S/C22H29N3O4S2/c1-3-13-31(27,28)25-11-9-19(10-12-25)24-22(26)8-7-18-5-4-6-21(14-18)29-15-20-16-30-17(2)23-20/h4-8,14,16,19H,3,9-13,15H2,1-2H3,(H,24,26)/b8-7+. The summed E-state index contributed by atoms with van der Waals surface area (Å²) in [4.78, 5) is 16.7. The Balaban J connectivity index is 1.47. The maximum atomic E-state index is 12.3. The summed E-state index contributed by atoms with van der Waals surface area (Å²) >= 11 is 1.59. The second-order valence-corrected chi connectivity index (χ2v) is 10.7. The molecule has 31 heavy (non-hydrogen) atoms. The number of carbonyl (C=O) groups is 1. The second kappa shape index (κ2) is 10.9. The second-order valence-electron chi connectivity index (χ2n) is 7.55. The number of benzene rings is 1. The summed E-state index contributed by atoms with van der Waals surface area (Å²) in [5.74, 6) is 0.715. The van der Waals surface area contributed by atoms with Crippen molar-refractivity contribution in [1.82, 2.24) is 14.6 Å². The van der Waals surface area contributed by atoms with Gasteiger partial charge in [0, 0.05) is 30.6 Å². The summed E-state index contributed by atoms with van der Waals surface area (Å²) in [7, 11) is -3.17. The molecule has 2 heterocycles. The fraction of sp³-hybridized carbons (Fsp3) is 0.455. The third kappa shape index (κ3) is 7.15. The molecule has 1 saturated heterocycles. The van der Waals surface area contributed by atoms with Crippen molar-refractivity contribution in [2.45, 2.75) is 45.8 Å². The average Bonchev–Trinajstić information content (AvgIpc) is 3.17. The van der Waals surface area contributed by atoms with Gasteiger partial charge in [-0.05, 0) is 50.0 Å². The number of sulfonamides is 1. The number of ether oxygens (including phenoxy) is 1. The molecule has 1 amide bonds. The van der Waals surface area contributed by atoms with E-state index in [2.05, 4.69) is 10.3 Å². The number of amides is 1. The van der Waals surface area contributed by atoms with Gasteiger partial charge in [0.2, 0.25) is 15.9 Å². The number of aromatic nitrogens is 1. The van der Waals surface area contributed by atoms with E-state index in [1.807, 2.05) is 43.5 Å². The van der Waals surface area contributed by atoms with E-state index in [4.69, 9.17) is 4.74 Å². The van der Waals surface area contributed by atoms with Gasteiger partial charge in [0.15, 0.2) is 0 Å². The topological polar surface area (TPSA) is 88.6 Å². The molecule has 1 aliphatic rings. The molecule has 0 unspecified atom stereocenters.